The van der Waals surface area contributed by atoms with E-state index in [0.717, 1.165) is 12.3 Å². The highest BCUT2D eigenvalue weighted by atomic mass is 32.1. The fraction of sp³-hybridized carbons (Fsp3) is 0.450. The Hall–Kier alpha value is -3.00. The van der Waals surface area contributed by atoms with E-state index in [2.05, 4.69) is 31.2 Å². The molecule has 0 aliphatic carbocycles. The summed E-state index contributed by atoms with van der Waals surface area (Å²) in [6.45, 7) is 1.86. The predicted octanol–water partition coefficient (Wildman–Crippen LogP) is 3.92. The summed E-state index contributed by atoms with van der Waals surface area (Å²) in [7, 11) is 0. The molecule has 3 rings (SSSR count). The summed E-state index contributed by atoms with van der Waals surface area (Å²) in [5, 5.41) is 20.3. The van der Waals surface area contributed by atoms with E-state index in [9.17, 15) is 31.9 Å². The molecule has 186 valence electrons. The molecular weight excluding hydrogens is 483 g/mol. The Bertz CT molecular complexity index is 1080. The maximum absolute atomic E-state index is 14.7. The van der Waals surface area contributed by atoms with Crippen molar-refractivity contribution in [2.75, 3.05) is 29.0 Å². The zero-order chi connectivity index (χ0) is 25.3. The van der Waals surface area contributed by atoms with Crippen LogP contribution in [0.5, 0.6) is 0 Å². The first kappa shape index (κ1) is 25.6. The lowest BCUT2D eigenvalue weighted by Gasteiger charge is -2.34. The number of pyridine rings is 1. The second-order valence-electron chi connectivity index (χ2n) is 8.35. The average Bonchev–Trinajstić information content (AvgIpc) is 3.15. The first-order valence-corrected chi connectivity index (χ1v) is 10.9. The van der Waals surface area contributed by atoms with Crippen LogP contribution in [-0.4, -0.2) is 57.7 Å². The summed E-state index contributed by atoms with van der Waals surface area (Å²) in [5.74, 6) is -1.58. The first-order valence-electron chi connectivity index (χ1n) is 10.0. The van der Waals surface area contributed by atoms with Gasteiger partial charge in [-0.25, -0.2) is 18.7 Å². The van der Waals surface area contributed by atoms with Gasteiger partial charge in [-0.2, -0.15) is 13.2 Å². The topological polar surface area (TPSA) is 111 Å². The molecule has 0 saturated heterocycles. The fourth-order valence-electron chi connectivity index (χ4n) is 2.92. The molecule has 2 atom stereocenters. The van der Waals surface area contributed by atoms with Crippen LogP contribution in [0.15, 0.2) is 23.6 Å². The van der Waals surface area contributed by atoms with Gasteiger partial charge < -0.3 is 26.4 Å². The number of anilines is 3. The number of carbonyl (C=O) groups excluding carboxylic acids is 1. The number of hydrogen-bond acceptors (Lipinski definition) is 8. The van der Waals surface area contributed by atoms with Crippen molar-refractivity contribution in [3.63, 3.8) is 0 Å². The smallest absolute Gasteiger partial charge is 0.387 e. The van der Waals surface area contributed by atoms with E-state index in [0.29, 0.717) is 10.7 Å². The quantitative estimate of drug-likeness (QED) is 0.345. The molecule has 1 amide bonds. The summed E-state index contributed by atoms with van der Waals surface area (Å²) < 4.78 is 67.2. The Balaban J connectivity index is 1.84. The van der Waals surface area contributed by atoms with Crippen LogP contribution in [-0.2, 0) is 0 Å². The van der Waals surface area contributed by atoms with Crippen LogP contribution in [0.2, 0.25) is 0 Å². The number of rotatable bonds is 8. The van der Waals surface area contributed by atoms with E-state index in [1.807, 2.05) is 0 Å². The Kier molecular flexibility index (Phi) is 7.03. The van der Waals surface area contributed by atoms with Crippen LogP contribution >= 0.6 is 11.3 Å². The first-order chi connectivity index (χ1) is 15.7. The molecule has 0 radical (unpaired) electrons. The molecule has 0 spiro atoms. The van der Waals surface area contributed by atoms with Crippen molar-refractivity contribution in [3.05, 3.63) is 34.9 Å². The zero-order valence-corrected chi connectivity index (χ0v) is 19.2. The number of carbonyl (C=O) groups is 1. The van der Waals surface area contributed by atoms with Gasteiger partial charge in [0.25, 0.3) is 5.91 Å². The van der Waals surface area contributed by atoms with Gasteiger partial charge in [0.15, 0.2) is 5.66 Å². The number of alkyl halides is 4. The van der Waals surface area contributed by atoms with Crippen molar-refractivity contribution < 1.29 is 31.9 Å². The second-order valence-corrected chi connectivity index (χ2v) is 9.20. The Labute approximate surface area is 195 Å². The maximum atomic E-state index is 14.7. The van der Waals surface area contributed by atoms with Crippen molar-refractivity contribution in [2.45, 2.75) is 44.4 Å². The van der Waals surface area contributed by atoms with Gasteiger partial charge in [0.2, 0.25) is 0 Å². The molecular formula is C20H23F5N6O2S. The Morgan fingerprint density at radius 2 is 2.03 bits per heavy atom. The van der Waals surface area contributed by atoms with Gasteiger partial charge in [-0.15, -0.1) is 11.3 Å². The molecule has 1 aliphatic rings. The summed E-state index contributed by atoms with van der Waals surface area (Å²) in [4.78, 5) is 20.5. The van der Waals surface area contributed by atoms with Crippen molar-refractivity contribution in [1.29, 1.82) is 0 Å². The number of aliphatic hydroxyl groups is 1. The van der Waals surface area contributed by atoms with Crippen molar-refractivity contribution in [3.8, 4) is 0 Å². The molecule has 3 heterocycles. The van der Waals surface area contributed by atoms with Crippen LogP contribution < -0.4 is 21.3 Å². The third-order valence-electron chi connectivity index (χ3n) is 4.91. The molecule has 2 aromatic rings. The highest BCUT2D eigenvalue weighted by Crippen LogP contribution is 2.36. The van der Waals surface area contributed by atoms with Gasteiger partial charge in [-0.1, -0.05) is 0 Å². The largest absolute Gasteiger partial charge is 0.405 e. The molecule has 0 aromatic carbocycles. The molecule has 5 N–H and O–H groups in total. The molecule has 14 heteroatoms. The third kappa shape index (κ3) is 6.11. The number of amides is 1. The van der Waals surface area contributed by atoms with E-state index in [1.165, 1.54) is 43.7 Å². The standard InChI is InChI=1S/C20H23F5N6O2S/c1-18(2,33)14(22)7-27-16(32)10-6-26-15(5-11(10)28-8-20(23,24)25)30-19(3)13(21)4-12-17(31-19)34-9-29-12/h4-6,9,14,31,33H,7-8H2,1-3H3,(H,27,32)(H2,26,28,30)/t14-,19?/m1/s1. The Morgan fingerprint density at radius 3 is 2.68 bits per heavy atom. The van der Waals surface area contributed by atoms with Crippen LogP contribution in [0.25, 0.3) is 6.08 Å². The lowest BCUT2D eigenvalue weighted by molar-refractivity contribution is -0.115. The lowest BCUT2D eigenvalue weighted by atomic mass is 10.0. The van der Waals surface area contributed by atoms with Crippen molar-refractivity contribution in [2.24, 2.45) is 0 Å². The zero-order valence-electron chi connectivity index (χ0n) is 18.3. The minimum atomic E-state index is -4.59. The highest BCUT2D eigenvalue weighted by molar-refractivity contribution is 7.14. The van der Waals surface area contributed by atoms with Crippen molar-refractivity contribution in [1.82, 2.24) is 15.3 Å². The monoisotopic (exact) mass is 506 g/mol. The SMILES string of the molecule is CC1(Nc2cc(NCC(F)(F)F)c(C(=O)NC[C@@H](F)C(C)(C)O)cn2)Nc2scnc2C=C1F. The molecule has 34 heavy (non-hydrogen) atoms. The summed E-state index contributed by atoms with van der Waals surface area (Å²) in [6.07, 6.45) is -4.21. The van der Waals surface area contributed by atoms with E-state index >= 15 is 0 Å². The molecule has 0 fully saturated rings. The van der Waals surface area contributed by atoms with Gasteiger partial charge in [0.05, 0.1) is 28.9 Å². The third-order valence-corrected chi connectivity index (χ3v) is 5.67. The molecule has 2 aromatic heterocycles. The van der Waals surface area contributed by atoms with Crippen molar-refractivity contribution >= 4 is 39.8 Å². The van der Waals surface area contributed by atoms with Crippen LogP contribution in [0.1, 0.15) is 36.8 Å². The number of halogens is 5. The minimum absolute atomic E-state index is 0.0346. The second kappa shape index (κ2) is 9.33. The summed E-state index contributed by atoms with van der Waals surface area (Å²) in [5.41, 5.74) is -1.82. The minimum Gasteiger partial charge on any atom is -0.387 e. The van der Waals surface area contributed by atoms with Crippen LogP contribution in [0.4, 0.5) is 38.5 Å². The van der Waals surface area contributed by atoms with Crippen LogP contribution in [0, 0.1) is 0 Å². The maximum Gasteiger partial charge on any atom is 0.405 e. The van der Waals surface area contributed by atoms with Gasteiger partial charge in [0.1, 0.15) is 35.1 Å². The number of hydrogen-bond donors (Lipinski definition) is 5. The fourth-order valence-corrected chi connectivity index (χ4v) is 3.69. The van der Waals surface area contributed by atoms with Gasteiger partial charge in [-0.3, -0.25) is 4.79 Å². The molecule has 0 saturated carbocycles. The van der Waals surface area contributed by atoms with Gasteiger partial charge in [0, 0.05) is 18.3 Å². The van der Waals surface area contributed by atoms with Crippen LogP contribution in [0.3, 0.4) is 0 Å². The highest BCUT2D eigenvalue weighted by Gasteiger charge is 2.36. The average molecular weight is 507 g/mol. The van der Waals surface area contributed by atoms with Gasteiger partial charge >= 0.3 is 6.18 Å². The number of nitrogens with one attached hydrogen (secondary N) is 4. The molecule has 8 nitrogen and oxygen atoms in total. The lowest BCUT2D eigenvalue weighted by Crippen LogP contribution is -2.45. The van der Waals surface area contributed by atoms with E-state index in [1.54, 1.807) is 0 Å². The van der Waals surface area contributed by atoms with Gasteiger partial charge in [-0.05, 0) is 20.8 Å². The number of nitrogens with zero attached hydrogens (tertiary/aromatic N) is 2. The normalized spacial score (nSPS) is 18.9. The molecule has 1 unspecified atom stereocenters. The summed E-state index contributed by atoms with van der Waals surface area (Å²) in [6, 6.07) is 1.12. The van der Waals surface area contributed by atoms with E-state index < -0.39 is 48.4 Å². The predicted molar refractivity (Wildman–Crippen MR) is 119 cm³/mol. The van der Waals surface area contributed by atoms with E-state index in [-0.39, 0.29) is 17.1 Å². The summed E-state index contributed by atoms with van der Waals surface area (Å²) >= 11 is 1.24. The Morgan fingerprint density at radius 1 is 1.32 bits per heavy atom. The number of aromatic nitrogens is 2. The number of thiazole rings is 1. The number of fused-ring (bicyclic) bond motifs is 1. The molecule has 0 bridgehead atoms. The molecule has 1 aliphatic heterocycles. The van der Waals surface area contributed by atoms with E-state index in [4.69, 9.17) is 0 Å².